The molecule has 0 amide bonds. The summed E-state index contributed by atoms with van der Waals surface area (Å²) in [5.41, 5.74) is 3.09. The molecule has 0 atom stereocenters. The normalized spacial score (nSPS) is 17.8. The SMILES string of the molecule is ClN1C=C2N(C1)c1ccccc1-c1nnc(-n3cc(CC4CC4)nn3)n12. The second-order valence-electron chi connectivity index (χ2n) is 6.93. The third-order valence-corrected chi connectivity index (χ3v) is 5.26. The molecule has 3 aromatic rings. The summed E-state index contributed by atoms with van der Waals surface area (Å²) >= 11 is 6.28. The van der Waals surface area contributed by atoms with Crippen LogP contribution in [0.5, 0.6) is 0 Å². The molecule has 26 heavy (non-hydrogen) atoms. The molecule has 6 rings (SSSR count). The van der Waals surface area contributed by atoms with E-state index in [1.165, 1.54) is 12.8 Å². The van der Waals surface area contributed by atoms with Crippen LogP contribution >= 0.6 is 11.8 Å². The van der Waals surface area contributed by atoms with E-state index in [0.717, 1.165) is 40.9 Å². The van der Waals surface area contributed by atoms with Crippen LogP contribution in [-0.4, -0.2) is 40.8 Å². The maximum atomic E-state index is 6.28. The molecule has 3 aliphatic rings. The van der Waals surface area contributed by atoms with Crippen LogP contribution in [0.15, 0.2) is 36.7 Å². The predicted octanol–water partition coefficient (Wildman–Crippen LogP) is 2.48. The van der Waals surface area contributed by atoms with Crippen LogP contribution in [0.2, 0.25) is 0 Å². The van der Waals surface area contributed by atoms with Crippen molar-refractivity contribution in [3.8, 4) is 17.3 Å². The summed E-state index contributed by atoms with van der Waals surface area (Å²) in [5, 5.41) is 17.4. The lowest BCUT2D eigenvalue weighted by atomic mass is 10.1. The monoisotopic (exact) mass is 366 g/mol. The Morgan fingerprint density at radius 2 is 2.00 bits per heavy atom. The number of aromatic nitrogens is 6. The molecule has 0 N–H and O–H groups in total. The Morgan fingerprint density at radius 3 is 2.88 bits per heavy atom. The van der Waals surface area contributed by atoms with Gasteiger partial charge in [-0.1, -0.05) is 17.3 Å². The van der Waals surface area contributed by atoms with E-state index >= 15 is 0 Å². The number of hydrogen-bond acceptors (Lipinski definition) is 6. The lowest BCUT2D eigenvalue weighted by molar-refractivity contribution is 0.648. The molecule has 4 heterocycles. The first kappa shape index (κ1) is 14.3. The summed E-state index contributed by atoms with van der Waals surface area (Å²) in [6, 6.07) is 8.14. The Balaban J connectivity index is 1.51. The molecule has 0 spiro atoms. The van der Waals surface area contributed by atoms with E-state index in [4.69, 9.17) is 11.8 Å². The van der Waals surface area contributed by atoms with E-state index in [2.05, 4.69) is 31.5 Å². The number of nitrogens with zero attached hydrogens (tertiary/aromatic N) is 8. The predicted molar refractivity (Wildman–Crippen MR) is 96.1 cm³/mol. The van der Waals surface area contributed by atoms with Crippen LogP contribution < -0.4 is 4.90 Å². The maximum Gasteiger partial charge on any atom is 0.259 e. The fraction of sp³-hybridized carbons (Fsp3) is 0.294. The minimum Gasteiger partial charge on any atom is -0.306 e. The van der Waals surface area contributed by atoms with Crippen molar-refractivity contribution in [3.05, 3.63) is 42.4 Å². The number of fused-ring (bicyclic) bond motifs is 6. The first-order valence-corrected chi connectivity index (χ1v) is 9.00. The highest BCUT2D eigenvalue weighted by Gasteiger charge is 2.35. The minimum atomic E-state index is 0.565. The molecule has 1 aliphatic carbocycles. The summed E-state index contributed by atoms with van der Waals surface area (Å²) in [5.74, 6) is 3.07. The first-order valence-electron chi connectivity index (χ1n) is 8.66. The number of rotatable bonds is 3. The quantitative estimate of drug-likeness (QED) is 0.663. The van der Waals surface area contributed by atoms with Gasteiger partial charge in [0.1, 0.15) is 12.5 Å². The molecule has 0 bridgehead atoms. The van der Waals surface area contributed by atoms with E-state index in [-0.39, 0.29) is 0 Å². The molecule has 0 saturated heterocycles. The van der Waals surface area contributed by atoms with Gasteiger partial charge >= 0.3 is 0 Å². The van der Waals surface area contributed by atoms with Crippen molar-refractivity contribution in [2.45, 2.75) is 19.3 Å². The lowest BCUT2D eigenvalue weighted by Crippen LogP contribution is -2.29. The highest BCUT2D eigenvalue weighted by atomic mass is 35.5. The standard InChI is InChI=1S/C17H15ClN8/c18-23-9-15-24(10-23)14-4-2-1-3-13(14)16-20-21-17(26(15)16)25-8-12(19-22-25)7-11-5-6-11/h1-4,8-9,11H,5-7,10H2. The molecule has 0 radical (unpaired) electrons. The van der Waals surface area contributed by atoms with Gasteiger partial charge in [-0.2, -0.15) is 4.68 Å². The van der Waals surface area contributed by atoms with E-state index in [0.29, 0.717) is 12.6 Å². The fourth-order valence-corrected chi connectivity index (χ4v) is 3.83. The first-order chi connectivity index (χ1) is 12.8. The topological polar surface area (TPSA) is 67.9 Å². The van der Waals surface area contributed by atoms with Gasteiger partial charge in [0.2, 0.25) is 0 Å². The van der Waals surface area contributed by atoms with Gasteiger partial charge in [0.25, 0.3) is 5.95 Å². The van der Waals surface area contributed by atoms with Gasteiger partial charge in [-0.25, -0.2) is 4.57 Å². The van der Waals surface area contributed by atoms with Gasteiger partial charge in [-0.05, 0) is 37.3 Å². The van der Waals surface area contributed by atoms with Gasteiger partial charge in [0.05, 0.1) is 23.8 Å². The highest BCUT2D eigenvalue weighted by molar-refractivity contribution is 6.15. The van der Waals surface area contributed by atoms with E-state index < -0.39 is 0 Å². The van der Waals surface area contributed by atoms with Gasteiger partial charge < -0.3 is 4.90 Å². The molecule has 2 aliphatic heterocycles. The molecule has 8 nitrogen and oxygen atoms in total. The Labute approximate surface area is 154 Å². The average molecular weight is 367 g/mol. The zero-order valence-corrected chi connectivity index (χ0v) is 14.6. The smallest absolute Gasteiger partial charge is 0.259 e. The summed E-state index contributed by atoms with van der Waals surface area (Å²) < 4.78 is 5.32. The van der Waals surface area contributed by atoms with Crippen molar-refractivity contribution in [3.63, 3.8) is 0 Å². The van der Waals surface area contributed by atoms with Gasteiger partial charge in [-0.15, -0.1) is 15.3 Å². The molecular weight excluding hydrogens is 352 g/mol. The third-order valence-electron chi connectivity index (χ3n) is 5.06. The molecule has 2 aromatic heterocycles. The second kappa shape index (κ2) is 5.07. The molecule has 0 unspecified atom stereocenters. The molecule has 1 fully saturated rings. The van der Waals surface area contributed by atoms with E-state index in [1.807, 2.05) is 35.2 Å². The molecule has 130 valence electrons. The zero-order valence-electron chi connectivity index (χ0n) is 13.8. The molecular formula is C17H15ClN8. The molecule has 1 saturated carbocycles. The van der Waals surface area contributed by atoms with Crippen molar-refractivity contribution < 1.29 is 0 Å². The molecule has 1 aromatic carbocycles. The average Bonchev–Trinajstić information content (AvgIpc) is 3.04. The summed E-state index contributed by atoms with van der Waals surface area (Å²) in [6.07, 6.45) is 7.40. The van der Waals surface area contributed by atoms with Crippen LogP contribution in [0, 0.1) is 5.92 Å². The summed E-state index contributed by atoms with van der Waals surface area (Å²) in [6.45, 7) is 0.565. The lowest BCUT2D eigenvalue weighted by Gasteiger charge is -2.29. The highest BCUT2D eigenvalue weighted by Crippen LogP contribution is 2.42. The largest absolute Gasteiger partial charge is 0.306 e. The van der Waals surface area contributed by atoms with Crippen LogP contribution in [0.25, 0.3) is 23.2 Å². The summed E-state index contributed by atoms with van der Waals surface area (Å²) in [7, 11) is 0. The van der Waals surface area contributed by atoms with E-state index in [1.54, 1.807) is 9.10 Å². The van der Waals surface area contributed by atoms with Crippen molar-refractivity contribution in [1.29, 1.82) is 0 Å². The van der Waals surface area contributed by atoms with Crippen molar-refractivity contribution in [2.75, 3.05) is 11.6 Å². The number of para-hydroxylation sites is 1. The second-order valence-corrected chi connectivity index (χ2v) is 7.37. The Bertz CT molecular complexity index is 1050. The maximum absolute atomic E-state index is 6.28. The van der Waals surface area contributed by atoms with Crippen LogP contribution in [0.3, 0.4) is 0 Å². The Morgan fingerprint density at radius 1 is 1.12 bits per heavy atom. The number of halogens is 1. The number of hydrogen-bond donors (Lipinski definition) is 0. The minimum absolute atomic E-state index is 0.565. The number of anilines is 1. The Kier molecular flexibility index (Phi) is 2.79. The van der Waals surface area contributed by atoms with Crippen molar-refractivity contribution in [1.82, 2.24) is 34.2 Å². The van der Waals surface area contributed by atoms with Gasteiger partial charge in [0, 0.05) is 17.3 Å². The fourth-order valence-electron chi connectivity index (χ4n) is 3.64. The van der Waals surface area contributed by atoms with Crippen molar-refractivity contribution in [2.24, 2.45) is 5.92 Å². The van der Waals surface area contributed by atoms with Crippen LogP contribution in [0.1, 0.15) is 18.5 Å². The summed E-state index contributed by atoms with van der Waals surface area (Å²) in [4.78, 5) is 2.14. The van der Waals surface area contributed by atoms with Crippen molar-refractivity contribution >= 4 is 23.3 Å². The third kappa shape index (κ3) is 2.02. The van der Waals surface area contributed by atoms with Crippen LogP contribution in [0.4, 0.5) is 5.69 Å². The Hall–Kier alpha value is -2.87. The zero-order chi connectivity index (χ0) is 17.3. The van der Waals surface area contributed by atoms with E-state index in [9.17, 15) is 0 Å². The van der Waals surface area contributed by atoms with Gasteiger partial charge in [0.15, 0.2) is 5.82 Å². The van der Waals surface area contributed by atoms with Crippen LogP contribution in [-0.2, 0) is 6.42 Å². The number of benzene rings is 1. The molecule has 9 heteroatoms. The van der Waals surface area contributed by atoms with Gasteiger partial charge in [-0.3, -0.25) is 4.42 Å².